The van der Waals surface area contributed by atoms with Crippen molar-refractivity contribution in [3.63, 3.8) is 0 Å². The molecule has 1 aliphatic rings. The lowest BCUT2D eigenvalue weighted by molar-refractivity contribution is 0.410. The maximum Gasteiger partial charge on any atom is 0.0408 e. The fourth-order valence-electron chi connectivity index (χ4n) is 3.26. The van der Waals surface area contributed by atoms with Crippen molar-refractivity contribution in [3.8, 4) is 0 Å². The Morgan fingerprint density at radius 3 is 2.52 bits per heavy atom. The summed E-state index contributed by atoms with van der Waals surface area (Å²) in [4.78, 5) is 4.14. The third-order valence-electron chi connectivity index (χ3n) is 4.79. The molecule has 0 radical (unpaired) electrons. The van der Waals surface area contributed by atoms with Gasteiger partial charge in [0, 0.05) is 35.4 Å². The minimum atomic E-state index is 0.271. The van der Waals surface area contributed by atoms with Gasteiger partial charge in [0.2, 0.25) is 0 Å². The summed E-state index contributed by atoms with van der Waals surface area (Å²) in [6, 6.07) is 13.0. The van der Waals surface area contributed by atoms with Crippen LogP contribution in [0.5, 0.6) is 0 Å². The molecule has 0 bridgehead atoms. The molecule has 0 amide bonds. The molecular weight excluding hydrogens is 304 g/mol. The smallest absolute Gasteiger partial charge is 0.0408 e. The molecule has 0 saturated heterocycles. The minimum absolute atomic E-state index is 0.271. The Balaban J connectivity index is 1.71. The van der Waals surface area contributed by atoms with Gasteiger partial charge in [-0.3, -0.25) is 4.98 Å². The van der Waals surface area contributed by atoms with Crippen molar-refractivity contribution in [3.05, 3.63) is 64.9 Å². The van der Waals surface area contributed by atoms with Crippen LogP contribution in [-0.2, 0) is 5.41 Å². The Bertz CT molecular complexity index is 635. The highest BCUT2D eigenvalue weighted by Gasteiger charge is 2.44. The van der Waals surface area contributed by atoms with Crippen molar-refractivity contribution in [1.82, 2.24) is 10.3 Å². The molecule has 1 aromatic carbocycles. The predicted molar refractivity (Wildman–Crippen MR) is 96.8 cm³/mol. The molecule has 1 heterocycles. The van der Waals surface area contributed by atoms with Gasteiger partial charge in [0.15, 0.2) is 0 Å². The first-order chi connectivity index (χ1) is 11.1. The number of hydrogen-bond acceptors (Lipinski definition) is 2. The Morgan fingerprint density at radius 1 is 1.17 bits per heavy atom. The lowest BCUT2D eigenvalue weighted by atomic mass is 9.93. The van der Waals surface area contributed by atoms with Crippen LogP contribution in [0.15, 0.2) is 48.8 Å². The summed E-state index contributed by atoms with van der Waals surface area (Å²) in [5.74, 6) is 0.655. The predicted octanol–water partition coefficient (Wildman–Crippen LogP) is 5.14. The SMILES string of the molecule is CC(C)CC(NCC1(c2cccc(Cl)c2)CC1)c1ccncc1. The maximum absolute atomic E-state index is 6.18. The van der Waals surface area contributed by atoms with E-state index < -0.39 is 0 Å². The quantitative estimate of drug-likeness (QED) is 0.760. The molecular formula is C20H25ClN2. The van der Waals surface area contributed by atoms with Gasteiger partial charge in [0.25, 0.3) is 0 Å². The van der Waals surface area contributed by atoms with Crippen molar-refractivity contribution in [2.75, 3.05) is 6.54 Å². The summed E-state index contributed by atoms with van der Waals surface area (Å²) >= 11 is 6.18. The van der Waals surface area contributed by atoms with Crippen LogP contribution in [-0.4, -0.2) is 11.5 Å². The standard InChI is InChI=1S/C20H25ClN2/c1-15(2)12-19(16-6-10-22-11-7-16)23-14-20(8-9-20)17-4-3-5-18(21)13-17/h3-7,10-11,13,15,19,23H,8-9,12,14H2,1-2H3. The van der Waals surface area contributed by atoms with Gasteiger partial charge < -0.3 is 5.32 Å². The van der Waals surface area contributed by atoms with E-state index in [1.165, 1.54) is 24.0 Å². The molecule has 2 nitrogen and oxygen atoms in total. The van der Waals surface area contributed by atoms with E-state index >= 15 is 0 Å². The fourth-order valence-corrected chi connectivity index (χ4v) is 3.45. The van der Waals surface area contributed by atoms with E-state index in [-0.39, 0.29) is 5.41 Å². The maximum atomic E-state index is 6.18. The molecule has 122 valence electrons. The van der Waals surface area contributed by atoms with Crippen LogP contribution < -0.4 is 5.32 Å². The molecule has 3 rings (SSSR count). The zero-order valence-electron chi connectivity index (χ0n) is 13.9. The molecule has 1 fully saturated rings. The molecule has 2 aromatic rings. The molecule has 3 heteroatoms. The molecule has 23 heavy (non-hydrogen) atoms. The number of benzene rings is 1. The number of rotatable bonds is 7. The van der Waals surface area contributed by atoms with Gasteiger partial charge in [-0.25, -0.2) is 0 Å². The molecule has 0 spiro atoms. The van der Waals surface area contributed by atoms with Crippen molar-refractivity contribution in [2.45, 2.75) is 44.6 Å². The monoisotopic (exact) mass is 328 g/mol. The normalized spacial score (nSPS) is 17.2. The average molecular weight is 329 g/mol. The number of nitrogens with one attached hydrogen (secondary N) is 1. The zero-order valence-corrected chi connectivity index (χ0v) is 14.7. The average Bonchev–Trinajstić information content (AvgIpc) is 3.33. The Morgan fingerprint density at radius 2 is 1.91 bits per heavy atom. The lowest BCUT2D eigenvalue weighted by Gasteiger charge is -2.25. The third-order valence-corrected chi connectivity index (χ3v) is 5.03. The molecule has 1 aliphatic carbocycles. The molecule has 1 saturated carbocycles. The van der Waals surface area contributed by atoms with Crippen LogP contribution >= 0.6 is 11.6 Å². The van der Waals surface area contributed by atoms with Crippen LogP contribution in [0.1, 0.15) is 50.3 Å². The van der Waals surface area contributed by atoms with Gasteiger partial charge in [-0.15, -0.1) is 0 Å². The molecule has 1 N–H and O–H groups in total. The highest BCUT2D eigenvalue weighted by atomic mass is 35.5. The summed E-state index contributed by atoms with van der Waals surface area (Å²) < 4.78 is 0. The summed E-state index contributed by atoms with van der Waals surface area (Å²) in [5.41, 5.74) is 2.97. The summed E-state index contributed by atoms with van der Waals surface area (Å²) in [5, 5.41) is 4.65. The third kappa shape index (κ3) is 4.13. The van der Waals surface area contributed by atoms with Crippen LogP contribution in [0, 0.1) is 5.92 Å². The molecule has 1 atom stereocenters. The highest BCUT2D eigenvalue weighted by molar-refractivity contribution is 6.30. The second-order valence-corrected chi connectivity index (χ2v) is 7.57. The van der Waals surface area contributed by atoms with Gasteiger partial charge in [-0.05, 0) is 60.6 Å². The van der Waals surface area contributed by atoms with Crippen molar-refractivity contribution < 1.29 is 0 Å². The topological polar surface area (TPSA) is 24.9 Å². The fraction of sp³-hybridized carbons (Fsp3) is 0.450. The van der Waals surface area contributed by atoms with Gasteiger partial charge in [-0.2, -0.15) is 0 Å². The summed E-state index contributed by atoms with van der Waals surface area (Å²) in [7, 11) is 0. The van der Waals surface area contributed by atoms with Crippen LogP contribution in [0.4, 0.5) is 0 Å². The van der Waals surface area contributed by atoms with E-state index in [0.29, 0.717) is 12.0 Å². The van der Waals surface area contributed by atoms with E-state index in [9.17, 15) is 0 Å². The second kappa shape index (κ2) is 7.02. The van der Waals surface area contributed by atoms with Crippen molar-refractivity contribution >= 4 is 11.6 Å². The van der Waals surface area contributed by atoms with Crippen LogP contribution in [0.25, 0.3) is 0 Å². The van der Waals surface area contributed by atoms with E-state index in [0.717, 1.165) is 18.0 Å². The highest BCUT2D eigenvalue weighted by Crippen LogP contribution is 2.48. The molecule has 0 aliphatic heterocycles. The largest absolute Gasteiger partial charge is 0.309 e. The van der Waals surface area contributed by atoms with Crippen molar-refractivity contribution in [2.24, 2.45) is 5.92 Å². The summed E-state index contributed by atoms with van der Waals surface area (Å²) in [6.07, 6.45) is 7.38. The summed E-state index contributed by atoms with van der Waals surface area (Å²) in [6.45, 7) is 5.56. The number of halogens is 1. The Hall–Kier alpha value is -1.38. The number of pyridine rings is 1. The minimum Gasteiger partial charge on any atom is -0.309 e. The van der Waals surface area contributed by atoms with Gasteiger partial charge in [-0.1, -0.05) is 37.6 Å². The Labute approximate surface area is 144 Å². The van der Waals surface area contributed by atoms with Crippen LogP contribution in [0.2, 0.25) is 5.02 Å². The number of aromatic nitrogens is 1. The first-order valence-electron chi connectivity index (χ1n) is 8.48. The first kappa shape index (κ1) is 16.5. The number of hydrogen-bond donors (Lipinski definition) is 1. The second-order valence-electron chi connectivity index (χ2n) is 7.13. The van der Waals surface area contributed by atoms with Gasteiger partial charge in [0.1, 0.15) is 0 Å². The Kier molecular flexibility index (Phi) is 5.03. The van der Waals surface area contributed by atoms with E-state index in [1.807, 2.05) is 18.5 Å². The van der Waals surface area contributed by atoms with E-state index in [1.54, 1.807) is 0 Å². The van der Waals surface area contributed by atoms with Gasteiger partial charge in [0.05, 0.1) is 0 Å². The van der Waals surface area contributed by atoms with Gasteiger partial charge >= 0.3 is 0 Å². The zero-order chi connectivity index (χ0) is 16.3. The first-order valence-corrected chi connectivity index (χ1v) is 8.86. The lowest BCUT2D eigenvalue weighted by Crippen LogP contribution is -2.31. The number of nitrogens with zero attached hydrogens (tertiary/aromatic N) is 1. The van der Waals surface area contributed by atoms with Crippen molar-refractivity contribution in [1.29, 1.82) is 0 Å². The van der Waals surface area contributed by atoms with Crippen LogP contribution in [0.3, 0.4) is 0 Å². The molecule has 1 aromatic heterocycles. The van der Waals surface area contributed by atoms with E-state index in [2.05, 4.69) is 54.5 Å². The molecule has 1 unspecified atom stereocenters. The van der Waals surface area contributed by atoms with E-state index in [4.69, 9.17) is 11.6 Å².